The molecule has 2 aromatic carbocycles. The van der Waals surface area contributed by atoms with Gasteiger partial charge in [0.2, 0.25) is 0 Å². The first kappa shape index (κ1) is 14.9. The fourth-order valence-electron chi connectivity index (χ4n) is 1.50. The van der Waals surface area contributed by atoms with E-state index in [4.69, 9.17) is 28.9 Å². The first-order valence-electron chi connectivity index (χ1n) is 5.32. The van der Waals surface area contributed by atoms with Gasteiger partial charge in [-0.3, -0.25) is 4.72 Å². The van der Waals surface area contributed by atoms with Crippen molar-refractivity contribution in [2.24, 2.45) is 0 Å². The van der Waals surface area contributed by atoms with Gasteiger partial charge in [-0.05, 0) is 30.3 Å². The molecule has 2 aromatic rings. The summed E-state index contributed by atoms with van der Waals surface area (Å²) in [5.41, 5.74) is 5.63. The van der Waals surface area contributed by atoms with Crippen LogP contribution in [-0.2, 0) is 10.0 Å². The molecule has 0 spiro atoms. The number of hydrogen-bond acceptors (Lipinski definition) is 3. The summed E-state index contributed by atoms with van der Waals surface area (Å²) in [5.74, 6) is -0.610. The van der Waals surface area contributed by atoms with Gasteiger partial charge in [-0.2, -0.15) is 0 Å². The molecule has 2 rings (SSSR count). The molecule has 0 amide bonds. The second-order valence-corrected chi connectivity index (χ2v) is 6.50. The molecular weight excluding hydrogens is 326 g/mol. The van der Waals surface area contributed by atoms with Crippen molar-refractivity contribution < 1.29 is 12.8 Å². The van der Waals surface area contributed by atoms with Crippen LogP contribution in [0.1, 0.15) is 0 Å². The van der Waals surface area contributed by atoms with Crippen LogP contribution in [0.25, 0.3) is 0 Å². The average Bonchev–Trinajstić information content (AvgIpc) is 2.32. The minimum absolute atomic E-state index is 0.0545. The number of benzene rings is 2. The first-order valence-corrected chi connectivity index (χ1v) is 7.56. The molecule has 0 saturated heterocycles. The van der Waals surface area contributed by atoms with Crippen LogP contribution in [0.15, 0.2) is 41.3 Å². The zero-order chi connectivity index (χ0) is 14.9. The summed E-state index contributed by atoms with van der Waals surface area (Å²) in [6, 6.07) is 7.23. The molecule has 0 bridgehead atoms. The van der Waals surface area contributed by atoms with Gasteiger partial charge in [0.1, 0.15) is 5.82 Å². The molecule has 0 atom stereocenters. The third-order valence-electron chi connectivity index (χ3n) is 2.41. The molecule has 0 heterocycles. The Morgan fingerprint density at radius 3 is 2.25 bits per heavy atom. The van der Waals surface area contributed by atoms with E-state index in [-0.39, 0.29) is 26.3 Å². The molecule has 0 saturated carbocycles. The fraction of sp³-hybridized carbons (Fsp3) is 0. The number of rotatable bonds is 3. The van der Waals surface area contributed by atoms with Crippen molar-refractivity contribution in [3.05, 3.63) is 52.3 Å². The Morgan fingerprint density at radius 2 is 1.65 bits per heavy atom. The normalized spacial score (nSPS) is 11.3. The smallest absolute Gasteiger partial charge is 0.262 e. The van der Waals surface area contributed by atoms with E-state index >= 15 is 0 Å². The van der Waals surface area contributed by atoms with Crippen LogP contribution in [0, 0.1) is 5.82 Å². The largest absolute Gasteiger partial charge is 0.397 e. The maximum Gasteiger partial charge on any atom is 0.262 e. The summed E-state index contributed by atoms with van der Waals surface area (Å²) in [6.45, 7) is 0. The average molecular weight is 335 g/mol. The van der Waals surface area contributed by atoms with E-state index < -0.39 is 15.8 Å². The Kier molecular flexibility index (Phi) is 4.08. The van der Waals surface area contributed by atoms with E-state index in [2.05, 4.69) is 4.72 Å². The Labute approximate surface area is 125 Å². The lowest BCUT2D eigenvalue weighted by molar-refractivity contribution is 0.601. The van der Waals surface area contributed by atoms with E-state index in [9.17, 15) is 12.8 Å². The molecule has 20 heavy (non-hydrogen) atoms. The molecular formula is C12H9Cl2FN2O2S. The maximum atomic E-state index is 13.1. The maximum absolute atomic E-state index is 13.1. The zero-order valence-electron chi connectivity index (χ0n) is 9.90. The van der Waals surface area contributed by atoms with Crippen molar-refractivity contribution in [2.45, 2.75) is 4.90 Å². The molecule has 0 aliphatic heterocycles. The summed E-state index contributed by atoms with van der Waals surface area (Å²) < 4.78 is 39.6. The number of nitrogens with two attached hydrogens (primary N) is 1. The SMILES string of the molecule is Nc1ccc(F)cc1NS(=O)(=O)c1cc(Cl)cc(Cl)c1. The monoisotopic (exact) mass is 334 g/mol. The summed E-state index contributed by atoms with van der Waals surface area (Å²) in [6.07, 6.45) is 0. The predicted molar refractivity (Wildman–Crippen MR) is 78.1 cm³/mol. The quantitative estimate of drug-likeness (QED) is 0.843. The Hall–Kier alpha value is -1.50. The van der Waals surface area contributed by atoms with Crippen LogP contribution >= 0.6 is 23.2 Å². The van der Waals surface area contributed by atoms with Crippen LogP contribution in [0.4, 0.5) is 15.8 Å². The summed E-state index contributed by atoms with van der Waals surface area (Å²) in [5, 5.41) is 0.343. The van der Waals surface area contributed by atoms with Gasteiger partial charge in [0, 0.05) is 16.1 Å². The lowest BCUT2D eigenvalue weighted by Gasteiger charge is -2.11. The lowest BCUT2D eigenvalue weighted by atomic mass is 10.3. The number of anilines is 2. The van der Waals surface area contributed by atoms with E-state index in [0.717, 1.165) is 12.1 Å². The summed E-state index contributed by atoms with van der Waals surface area (Å²) >= 11 is 11.5. The van der Waals surface area contributed by atoms with Gasteiger partial charge in [-0.15, -0.1) is 0 Å². The number of hydrogen-bond donors (Lipinski definition) is 2. The molecule has 0 unspecified atom stereocenters. The highest BCUT2D eigenvalue weighted by molar-refractivity contribution is 7.92. The van der Waals surface area contributed by atoms with Gasteiger partial charge < -0.3 is 5.73 Å². The van der Waals surface area contributed by atoms with Gasteiger partial charge in [0.15, 0.2) is 0 Å². The predicted octanol–water partition coefficient (Wildman–Crippen LogP) is 3.52. The first-order chi connectivity index (χ1) is 9.28. The molecule has 0 aliphatic rings. The topological polar surface area (TPSA) is 72.2 Å². The molecule has 4 nitrogen and oxygen atoms in total. The molecule has 0 aromatic heterocycles. The Balaban J connectivity index is 2.43. The van der Waals surface area contributed by atoms with E-state index in [1.54, 1.807) is 0 Å². The molecule has 0 radical (unpaired) electrons. The Morgan fingerprint density at radius 1 is 1.05 bits per heavy atom. The molecule has 106 valence electrons. The lowest BCUT2D eigenvalue weighted by Crippen LogP contribution is -2.14. The second kappa shape index (κ2) is 5.47. The molecule has 0 fully saturated rings. The van der Waals surface area contributed by atoms with Gasteiger partial charge in [-0.1, -0.05) is 23.2 Å². The van der Waals surface area contributed by atoms with Crippen molar-refractivity contribution in [2.75, 3.05) is 10.5 Å². The molecule has 0 aliphatic carbocycles. The third kappa shape index (κ3) is 3.33. The van der Waals surface area contributed by atoms with Gasteiger partial charge in [0.05, 0.1) is 16.3 Å². The number of nitrogens with one attached hydrogen (secondary N) is 1. The van der Waals surface area contributed by atoms with Crippen molar-refractivity contribution in [3.8, 4) is 0 Å². The van der Waals surface area contributed by atoms with Gasteiger partial charge in [0.25, 0.3) is 10.0 Å². The summed E-state index contributed by atoms with van der Waals surface area (Å²) in [7, 11) is -3.96. The number of sulfonamides is 1. The van der Waals surface area contributed by atoms with Crippen LogP contribution in [0.5, 0.6) is 0 Å². The standard InChI is InChI=1S/C12H9Cl2FN2O2S/c13-7-3-8(14)5-10(4-7)20(18,19)17-12-6-9(15)1-2-11(12)16/h1-6,17H,16H2. The fourth-order valence-corrected chi connectivity index (χ4v) is 3.31. The number of nitrogen functional groups attached to an aromatic ring is 1. The van der Waals surface area contributed by atoms with Crippen LogP contribution in [0.3, 0.4) is 0 Å². The zero-order valence-corrected chi connectivity index (χ0v) is 12.2. The van der Waals surface area contributed by atoms with Crippen LogP contribution < -0.4 is 10.5 Å². The van der Waals surface area contributed by atoms with E-state index in [1.807, 2.05) is 0 Å². The van der Waals surface area contributed by atoms with Crippen molar-refractivity contribution in [1.29, 1.82) is 0 Å². The minimum Gasteiger partial charge on any atom is -0.397 e. The van der Waals surface area contributed by atoms with Crippen molar-refractivity contribution >= 4 is 44.6 Å². The van der Waals surface area contributed by atoms with Crippen LogP contribution in [0.2, 0.25) is 10.0 Å². The summed E-state index contributed by atoms with van der Waals surface area (Å²) in [4.78, 5) is -0.140. The second-order valence-electron chi connectivity index (χ2n) is 3.94. The highest BCUT2D eigenvalue weighted by atomic mass is 35.5. The van der Waals surface area contributed by atoms with Gasteiger partial charge >= 0.3 is 0 Å². The third-order valence-corrected chi connectivity index (χ3v) is 4.19. The van der Waals surface area contributed by atoms with E-state index in [1.165, 1.54) is 24.3 Å². The minimum atomic E-state index is -3.96. The highest BCUT2D eigenvalue weighted by Crippen LogP contribution is 2.26. The van der Waals surface area contributed by atoms with Crippen molar-refractivity contribution in [3.63, 3.8) is 0 Å². The van der Waals surface area contributed by atoms with E-state index in [0.29, 0.717) is 0 Å². The molecule has 8 heteroatoms. The highest BCUT2D eigenvalue weighted by Gasteiger charge is 2.17. The van der Waals surface area contributed by atoms with Gasteiger partial charge in [-0.25, -0.2) is 12.8 Å². The molecule has 3 N–H and O–H groups in total. The Bertz CT molecular complexity index is 746. The number of halogens is 3. The van der Waals surface area contributed by atoms with Crippen LogP contribution in [-0.4, -0.2) is 8.42 Å². The van der Waals surface area contributed by atoms with Crippen molar-refractivity contribution in [1.82, 2.24) is 0 Å².